The van der Waals surface area contributed by atoms with E-state index < -0.39 is 0 Å². The van der Waals surface area contributed by atoms with Gasteiger partial charge in [0.1, 0.15) is 12.1 Å². The Morgan fingerprint density at radius 2 is 2.00 bits per heavy atom. The van der Waals surface area contributed by atoms with E-state index in [1.54, 1.807) is 6.33 Å². The molecule has 0 aromatic carbocycles. The second-order valence-corrected chi connectivity index (χ2v) is 9.55. The lowest BCUT2D eigenvalue weighted by atomic mass is 10.0. The van der Waals surface area contributed by atoms with E-state index in [0.717, 1.165) is 70.0 Å². The topological polar surface area (TPSA) is 91.3 Å². The Labute approximate surface area is 215 Å². The first-order valence-electron chi connectivity index (χ1n) is 12.7. The average molecular weight is 491 g/mol. The van der Waals surface area contributed by atoms with Crippen LogP contribution in [0.4, 0.5) is 0 Å². The highest BCUT2D eigenvalue weighted by Gasteiger charge is 2.16. The number of nitrogens with one attached hydrogen (secondary N) is 2. The Bertz CT molecular complexity index is 1660. The Balaban J connectivity index is 1.38. The minimum atomic E-state index is 0.682. The maximum absolute atomic E-state index is 4.67. The van der Waals surface area contributed by atoms with E-state index in [0.29, 0.717) is 5.65 Å². The standard InChI is InChI=1S/C29H30N8/c1-4-20(17-36-10-6-7-11-36)12-21(5-2)22-13-24-27(34-35-28(24)31-15-22)26-14-23-25(33-26)8-9-30-29(23)37-16-19(3)32-18-37/h4-5,8-9,12-16,18,33H,1,6-7,10-11,17H2,2-3H3,(H,31,34,35)/b20-12+,21-5+. The SMILES string of the molecule is C=C/C(=C\C(=C/C)c1cnc2n[nH]c(-c3cc4c(-n5cnc(C)c5)nccc4[nH]3)c2c1)CN1CCCC1. The number of imidazole rings is 1. The molecule has 0 amide bonds. The fraction of sp³-hybridized carbons (Fsp3) is 0.241. The number of hydrogen-bond acceptors (Lipinski definition) is 5. The summed E-state index contributed by atoms with van der Waals surface area (Å²) in [5, 5.41) is 9.65. The minimum Gasteiger partial charge on any atom is -0.353 e. The highest BCUT2D eigenvalue weighted by atomic mass is 15.2. The van der Waals surface area contributed by atoms with Crippen molar-refractivity contribution < 1.29 is 0 Å². The van der Waals surface area contributed by atoms with Gasteiger partial charge < -0.3 is 4.98 Å². The number of nitrogens with zero attached hydrogens (tertiary/aromatic N) is 6. The van der Waals surface area contributed by atoms with Crippen LogP contribution in [0.15, 0.2) is 73.5 Å². The van der Waals surface area contributed by atoms with Crippen molar-refractivity contribution in [1.29, 1.82) is 0 Å². The molecule has 8 nitrogen and oxygen atoms in total. The van der Waals surface area contributed by atoms with E-state index >= 15 is 0 Å². The van der Waals surface area contributed by atoms with Gasteiger partial charge in [-0.15, -0.1) is 0 Å². The van der Waals surface area contributed by atoms with E-state index in [9.17, 15) is 0 Å². The molecule has 0 aliphatic carbocycles. The van der Waals surface area contributed by atoms with Gasteiger partial charge >= 0.3 is 0 Å². The molecule has 8 heteroatoms. The summed E-state index contributed by atoms with van der Waals surface area (Å²) >= 11 is 0. The number of H-pyrrole nitrogens is 2. The summed E-state index contributed by atoms with van der Waals surface area (Å²) in [6.07, 6.45) is 16.3. The molecule has 0 saturated carbocycles. The first-order chi connectivity index (χ1) is 18.1. The summed E-state index contributed by atoms with van der Waals surface area (Å²) in [5.74, 6) is 0.833. The molecule has 5 aromatic heterocycles. The van der Waals surface area contributed by atoms with Crippen LogP contribution in [-0.4, -0.2) is 59.2 Å². The van der Waals surface area contributed by atoms with Gasteiger partial charge in [0.2, 0.25) is 0 Å². The van der Waals surface area contributed by atoms with Crippen molar-refractivity contribution in [2.75, 3.05) is 19.6 Å². The van der Waals surface area contributed by atoms with Gasteiger partial charge in [0.25, 0.3) is 0 Å². The summed E-state index contributed by atoms with van der Waals surface area (Å²) in [5.41, 5.74) is 7.83. The number of allylic oxidation sites excluding steroid dienone is 3. The Morgan fingerprint density at radius 3 is 2.76 bits per heavy atom. The monoisotopic (exact) mass is 490 g/mol. The quantitative estimate of drug-likeness (QED) is 0.290. The van der Waals surface area contributed by atoms with Gasteiger partial charge in [-0.2, -0.15) is 5.10 Å². The van der Waals surface area contributed by atoms with Crippen LogP contribution in [0, 0.1) is 6.92 Å². The van der Waals surface area contributed by atoms with Crippen molar-refractivity contribution in [2.45, 2.75) is 26.7 Å². The van der Waals surface area contributed by atoms with Crippen molar-refractivity contribution in [1.82, 2.24) is 39.6 Å². The van der Waals surface area contributed by atoms with E-state index in [1.165, 1.54) is 18.4 Å². The molecule has 2 N–H and O–H groups in total. The number of pyridine rings is 2. The van der Waals surface area contributed by atoms with Crippen molar-refractivity contribution in [3.8, 4) is 17.2 Å². The lowest BCUT2D eigenvalue weighted by Crippen LogP contribution is -2.21. The number of aryl methyl sites for hydroxylation is 1. The molecular weight excluding hydrogens is 460 g/mol. The molecule has 0 bridgehead atoms. The maximum atomic E-state index is 4.67. The predicted molar refractivity (Wildman–Crippen MR) is 148 cm³/mol. The zero-order valence-electron chi connectivity index (χ0n) is 21.2. The van der Waals surface area contributed by atoms with Gasteiger partial charge in [-0.3, -0.25) is 14.6 Å². The largest absolute Gasteiger partial charge is 0.353 e. The van der Waals surface area contributed by atoms with Crippen molar-refractivity contribution in [3.63, 3.8) is 0 Å². The highest BCUT2D eigenvalue weighted by molar-refractivity contribution is 5.97. The Hall–Kier alpha value is -4.30. The maximum Gasteiger partial charge on any atom is 0.181 e. The molecule has 1 fully saturated rings. The normalized spacial score (nSPS) is 15.3. The summed E-state index contributed by atoms with van der Waals surface area (Å²) in [7, 11) is 0. The fourth-order valence-corrected chi connectivity index (χ4v) is 5.08. The first kappa shape index (κ1) is 23.1. The summed E-state index contributed by atoms with van der Waals surface area (Å²) in [6, 6.07) is 6.25. The molecule has 186 valence electrons. The second kappa shape index (κ2) is 9.63. The van der Waals surface area contributed by atoms with Gasteiger partial charge in [0.15, 0.2) is 5.65 Å². The molecule has 0 spiro atoms. The number of aromatic amines is 2. The number of likely N-dealkylation sites (tertiary alicyclic amines) is 1. The molecule has 6 rings (SSSR count). The Morgan fingerprint density at radius 1 is 1.14 bits per heavy atom. The van der Waals surface area contributed by atoms with E-state index in [-0.39, 0.29) is 0 Å². The first-order valence-corrected chi connectivity index (χ1v) is 12.7. The zero-order chi connectivity index (χ0) is 25.4. The van der Waals surface area contributed by atoms with Gasteiger partial charge in [-0.25, -0.2) is 15.0 Å². The Kier molecular flexibility index (Phi) is 6.02. The molecule has 5 aromatic rings. The average Bonchev–Trinajstić information content (AvgIpc) is 3.72. The van der Waals surface area contributed by atoms with Gasteiger partial charge in [0, 0.05) is 41.5 Å². The number of fused-ring (bicyclic) bond motifs is 2. The molecule has 1 aliphatic heterocycles. The third-order valence-corrected chi connectivity index (χ3v) is 7.01. The lowest BCUT2D eigenvalue weighted by Gasteiger charge is -2.15. The van der Waals surface area contributed by atoms with Crippen LogP contribution in [-0.2, 0) is 0 Å². The minimum absolute atomic E-state index is 0.682. The van der Waals surface area contributed by atoms with Crippen LogP contribution in [0.2, 0.25) is 0 Å². The third kappa shape index (κ3) is 4.40. The molecule has 0 unspecified atom stereocenters. The van der Waals surface area contributed by atoms with E-state index in [4.69, 9.17) is 0 Å². The van der Waals surface area contributed by atoms with Crippen molar-refractivity contribution >= 4 is 27.5 Å². The van der Waals surface area contributed by atoms with Gasteiger partial charge in [-0.05, 0) is 69.1 Å². The number of hydrogen-bond donors (Lipinski definition) is 2. The van der Waals surface area contributed by atoms with Crippen LogP contribution < -0.4 is 0 Å². The fourth-order valence-electron chi connectivity index (χ4n) is 5.08. The summed E-state index contributed by atoms with van der Waals surface area (Å²) < 4.78 is 1.95. The molecule has 6 heterocycles. The number of aromatic nitrogens is 7. The molecule has 0 radical (unpaired) electrons. The molecule has 0 atom stereocenters. The van der Waals surface area contributed by atoms with E-state index in [1.807, 2.05) is 42.2 Å². The highest BCUT2D eigenvalue weighted by Crippen LogP contribution is 2.32. The zero-order valence-corrected chi connectivity index (χ0v) is 21.2. The predicted octanol–water partition coefficient (Wildman–Crippen LogP) is 5.61. The van der Waals surface area contributed by atoms with Crippen LogP contribution in [0.5, 0.6) is 0 Å². The van der Waals surface area contributed by atoms with Crippen molar-refractivity contribution in [2.24, 2.45) is 0 Å². The smallest absolute Gasteiger partial charge is 0.181 e. The third-order valence-electron chi connectivity index (χ3n) is 7.01. The van der Waals surface area contributed by atoms with Crippen LogP contribution in [0.1, 0.15) is 31.0 Å². The molecule has 37 heavy (non-hydrogen) atoms. The second-order valence-electron chi connectivity index (χ2n) is 9.55. The summed E-state index contributed by atoms with van der Waals surface area (Å²) in [4.78, 5) is 19.7. The van der Waals surface area contributed by atoms with E-state index in [2.05, 4.69) is 72.8 Å². The van der Waals surface area contributed by atoms with Gasteiger partial charge in [-0.1, -0.05) is 24.8 Å². The lowest BCUT2D eigenvalue weighted by molar-refractivity contribution is 0.371. The number of rotatable bonds is 7. The van der Waals surface area contributed by atoms with Crippen molar-refractivity contribution in [3.05, 3.63) is 84.8 Å². The van der Waals surface area contributed by atoms with Crippen LogP contribution in [0.3, 0.4) is 0 Å². The molecule has 1 aliphatic rings. The van der Waals surface area contributed by atoms with Crippen LogP contribution in [0.25, 0.3) is 44.7 Å². The van der Waals surface area contributed by atoms with Gasteiger partial charge in [0.05, 0.1) is 22.6 Å². The summed E-state index contributed by atoms with van der Waals surface area (Å²) in [6.45, 7) is 11.3. The van der Waals surface area contributed by atoms with Crippen LogP contribution >= 0.6 is 0 Å². The molecular formula is C29H30N8. The molecule has 1 saturated heterocycles.